The molecule has 0 aromatic carbocycles. The SMILES string of the molecule is OC[C@@H]1O[C@H](OC2CC3C(O)CC(O)CC3[OH+]C2C2CCC(O)C(O)C2)[C@@H](O[C@@H]2OC[C@@H](O)[C@H](O)[C@H]2O)[C@H](O)[C@@H]1O. The molecule has 3 heterocycles. The Morgan fingerprint density at radius 3 is 2.15 bits per heavy atom. The molecule has 0 radical (unpaired) electrons. The summed E-state index contributed by atoms with van der Waals surface area (Å²) in [6, 6.07) is 0. The van der Waals surface area contributed by atoms with Gasteiger partial charge in [0.1, 0.15) is 48.8 Å². The summed E-state index contributed by atoms with van der Waals surface area (Å²) in [6.07, 6.45) is -16.8. The van der Waals surface area contributed by atoms with Gasteiger partial charge in [-0.1, -0.05) is 0 Å². The summed E-state index contributed by atoms with van der Waals surface area (Å²) in [6.45, 7) is -1.03. The van der Waals surface area contributed by atoms with Gasteiger partial charge in [0.05, 0.1) is 43.5 Å². The van der Waals surface area contributed by atoms with Gasteiger partial charge in [-0.15, -0.1) is 0 Å². The van der Waals surface area contributed by atoms with Gasteiger partial charge in [0.2, 0.25) is 0 Å². The molecule has 0 amide bonds. The molecule has 9 unspecified atom stereocenters. The van der Waals surface area contributed by atoms with Crippen LogP contribution in [-0.2, 0) is 18.9 Å². The molecule has 5 rings (SSSR count). The monoisotopic (exact) mass is 597 g/mol. The lowest BCUT2D eigenvalue weighted by Crippen LogP contribution is -2.65. The van der Waals surface area contributed by atoms with Crippen LogP contribution >= 0.6 is 0 Å². The summed E-state index contributed by atoms with van der Waals surface area (Å²) in [7, 11) is 0. The van der Waals surface area contributed by atoms with E-state index in [-0.39, 0.29) is 43.8 Å². The number of hydrogen-bond acceptors (Lipinski definition) is 14. The van der Waals surface area contributed by atoms with Crippen LogP contribution < -0.4 is 0 Å². The molecule has 0 spiro atoms. The molecule has 41 heavy (non-hydrogen) atoms. The van der Waals surface area contributed by atoms with Crippen molar-refractivity contribution in [3.8, 4) is 0 Å². The normalized spacial score (nSPS) is 54.9. The van der Waals surface area contributed by atoms with Crippen molar-refractivity contribution in [2.75, 3.05) is 13.2 Å². The van der Waals surface area contributed by atoms with Gasteiger partial charge in [0.25, 0.3) is 0 Å². The Bertz CT molecular complexity index is 852. The maximum Gasteiger partial charge on any atom is 0.187 e. The predicted octanol–water partition coefficient (Wildman–Crippen LogP) is -5.04. The zero-order chi connectivity index (χ0) is 29.6. The van der Waals surface area contributed by atoms with E-state index in [2.05, 4.69) is 0 Å². The minimum atomic E-state index is -1.70. The van der Waals surface area contributed by atoms with Crippen molar-refractivity contribution in [1.29, 1.82) is 0 Å². The van der Waals surface area contributed by atoms with E-state index in [4.69, 9.17) is 23.7 Å². The molecule has 5 fully saturated rings. The third kappa shape index (κ3) is 6.60. The maximum absolute atomic E-state index is 11.0. The molecule has 0 bridgehead atoms. The van der Waals surface area contributed by atoms with Crippen LogP contribution in [0.5, 0.6) is 0 Å². The standard InChI is InChI=1S/C26H44O15/c27-7-18-20(34)21(35)24(41-25-22(36)19(33)15(32)8-37-25)26(40-18)39-17-6-11-13(30)4-10(28)5-16(11)38-23(17)9-1-2-12(29)14(31)3-9/h9-36H,1-8H2/p+1/t9?,10?,11?,12?,13?,14?,15-,16?,17?,18+,19+,20-,21-,22-,23?,24+,25+,26+/m1/s1. The van der Waals surface area contributed by atoms with Crippen LogP contribution in [0.3, 0.4) is 0 Å². The number of aliphatic hydroxyl groups is 12. The highest BCUT2D eigenvalue weighted by molar-refractivity contribution is 4.99. The second kappa shape index (κ2) is 13.2. The Morgan fingerprint density at radius 1 is 0.683 bits per heavy atom. The topological polar surface area (TPSA) is 252 Å². The first-order valence-electron chi connectivity index (χ1n) is 14.5. The van der Waals surface area contributed by atoms with E-state index in [1.807, 2.05) is 0 Å². The smallest absolute Gasteiger partial charge is 0.187 e. The average Bonchev–Trinajstić information content (AvgIpc) is 2.94. The lowest BCUT2D eigenvalue weighted by molar-refractivity contribution is -0.381. The minimum Gasteiger partial charge on any atom is -0.427 e. The fourth-order valence-electron chi connectivity index (χ4n) is 7.04. The molecule has 15 nitrogen and oxygen atoms in total. The molecule has 11 N–H and O–H groups in total. The van der Waals surface area contributed by atoms with E-state index in [1.165, 1.54) is 0 Å². The molecule has 5 aliphatic rings. The van der Waals surface area contributed by atoms with Crippen LogP contribution in [0.4, 0.5) is 0 Å². The second-order valence-corrected chi connectivity index (χ2v) is 12.2. The Balaban J connectivity index is 1.39. The largest absolute Gasteiger partial charge is 0.427 e. The fourth-order valence-corrected chi connectivity index (χ4v) is 7.04. The Hall–Kier alpha value is -0.600. The van der Waals surface area contributed by atoms with Crippen molar-refractivity contribution in [1.82, 2.24) is 0 Å². The van der Waals surface area contributed by atoms with Gasteiger partial charge >= 0.3 is 0 Å². The van der Waals surface area contributed by atoms with Gasteiger partial charge in [0.15, 0.2) is 24.8 Å². The highest BCUT2D eigenvalue weighted by Gasteiger charge is 2.56. The van der Waals surface area contributed by atoms with Crippen LogP contribution in [0.25, 0.3) is 0 Å². The lowest BCUT2D eigenvalue weighted by Gasteiger charge is -2.49. The first-order valence-corrected chi connectivity index (χ1v) is 14.5. The number of hydrogen-bond donors (Lipinski definition) is 10. The molecule has 238 valence electrons. The van der Waals surface area contributed by atoms with Crippen molar-refractivity contribution in [3.63, 3.8) is 0 Å². The third-order valence-corrected chi connectivity index (χ3v) is 9.45. The summed E-state index contributed by atoms with van der Waals surface area (Å²) in [5.74, 6) is -0.575. The predicted molar refractivity (Wildman–Crippen MR) is 134 cm³/mol. The lowest BCUT2D eigenvalue weighted by atomic mass is 9.72. The van der Waals surface area contributed by atoms with Gasteiger partial charge in [-0.2, -0.15) is 0 Å². The number of ether oxygens (including phenoxy) is 5. The highest BCUT2D eigenvalue weighted by Crippen LogP contribution is 2.42. The number of aliphatic hydroxyl groups excluding tert-OH is 10. The van der Waals surface area contributed by atoms with Crippen LogP contribution in [0, 0.1) is 11.8 Å². The molecule has 3 aliphatic heterocycles. The molecule has 3 saturated heterocycles. The van der Waals surface area contributed by atoms with Gasteiger partial charge < -0.3 is 74.7 Å². The van der Waals surface area contributed by atoms with Crippen molar-refractivity contribution >= 4 is 0 Å². The minimum absolute atomic E-state index is 0.177. The molecule has 0 aromatic rings. The van der Waals surface area contributed by atoms with E-state index < -0.39 is 98.5 Å². The van der Waals surface area contributed by atoms with Gasteiger partial charge in [-0.25, -0.2) is 0 Å². The summed E-state index contributed by atoms with van der Waals surface area (Å²) in [5.41, 5.74) is 0. The summed E-state index contributed by atoms with van der Waals surface area (Å²) in [5, 5.41) is 103. The number of rotatable bonds is 6. The van der Waals surface area contributed by atoms with Gasteiger partial charge in [-0.05, 0) is 25.7 Å². The van der Waals surface area contributed by atoms with Crippen molar-refractivity contribution in [2.45, 2.75) is 137 Å². The Kier molecular flexibility index (Phi) is 10.2. The second-order valence-electron chi connectivity index (χ2n) is 12.2. The van der Waals surface area contributed by atoms with E-state index in [0.29, 0.717) is 19.3 Å². The summed E-state index contributed by atoms with van der Waals surface area (Å²) >= 11 is 0. The first-order chi connectivity index (χ1) is 19.5. The van der Waals surface area contributed by atoms with Gasteiger partial charge in [0, 0.05) is 18.8 Å². The fraction of sp³-hybridized carbons (Fsp3) is 1.00. The van der Waals surface area contributed by atoms with E-state index in [9.17, 15) is 51.1 Å². The van der Waals surface area contributed by atoms with Crippen molar-refractivity contribution in [3.05, 3.63) is 0 Å². The van der Waals surface area contributed by atoms with Crippen LogP contribution in [0.1, 0.15) is 38.5 Å². The highest BCUT2D eigenvalue weighted by atomic mass is 16.8. The van der Waals surface area contributed by atoms with E-state index in [0.717, 1.165) is 0 Å². The van der Waals surface area contributed by atoms with Crippen LogP contribution in [-0.4, -0.2) is 167 Å². The molecule has 0 aromatic heterocycles. The Morgan fingerprint density at radius 2 is 1.44 bits per heavy atom. The molecule has 2 aliphatic carbocycles. The van der Waals surface area contributed by atoms with Crippen LogP contribution in [0.15, 0.2) is 0 Å². The molecular weight excluding hydrogens is 552 g/mol. The Labute approximate surface area is 236 Å². The third-order valence-electron chi connectivity index (χ3n) is 9.45. The molecule has 2 saturated carbocycles. The summed E-state index contributed by atoms with van der Waals surface area (Å²) in [4.78, 5) is 0. The zero-order valence-corrected chi connectivity index (χ0v) is 22.6. The number of fused-ring (bicyclic) bond motifs is 1. The van der Waals surface area contributed by atoms with Gasteiger partial charge in [-0.3, -0.25) is 0 Å². The summed E-state index contributed by atoms with van der Waals surface area (Å²) < 4.78 is 28.3. The maximum atomic E-state index is 11.0. The molecular formula is C26H45O15+. The zero-order valence-electron chi connectivity index (χ0n) is 22.6. The van der Waals surface area contributed by atoms with Crippen molar-refractivity contribution in [2.24, 2.45) is 11.8 Å². The van der Waals surface area contributed by atoms with E-state index in [1.54, 1.807) is 0 Å². The van der Waals surface area contributed by atoms with Crippen molar-refractivity contribution < 1.29 is 74.7 Å². The first kappa shape index (κ1) is 31.8. The molecule has 18 atom stereocenters. The molecule has 15 heteroatoms. The average molecular weight is 598 g/mol. The van der Waals surface area contributed by atoms with Crippen LogP contribution in [0.2, 0.25) is 0 Å². The van der Waals surface area contributed by atoms with E-state index >= 15 is 0 Å². The quantitative estimate of drug-likeness (QED) is 0.129.